The molecule has 1 N–H and O–H groups in total. The zero-order valence-electron chi connectivity index (χ0n) is 11.7. The number of pyridine rings is 1. The van der Waals surface area contributed by atoms with Gasteiger partial charge in [-0.1, -0.05) is 13.8 Å². The monoisotopic (exact) mass is 283 g/mol. The number of thioether (sulfide) groups is 1. The van der Waals surface area contributed by atoms with Crippen molar-refractivity contribution < 1.29 is 4.39 Å². The standard InChI is InChI=1S/C14H22FN3S/c1-3-5-16-9-12-4-6-17-14(13(12)15)18-7-8-19-11(2)10-18/h4,6,11,16H,3,5,7-10H2,1-2H3. The summed E-state index contributed by atoms with van der Waals surface area (Å²) in [6, 6.07) is 1.77. The number of anilines is 1. The van der Waals surface area contributed by atoms with E-state index in [2.05, 4.69) is 29.0 Å². The first-order valence-corrected chi connectivity index (χ1v) is 7.98. The molecule has 3 nitrogen and oxygen atoms in total. The van der Waals surface area contributed by atoms with E-state index >= 15 is 0 Å². The van der Waals surface area contributed by atoms with Gasteiger partial charge in [-0.05, 0) is 19.0 Å². The molecule has 1 aliphatic heterocycles. The van der Waals surface area contributed by atoms with E-state index in [9.17, 15) is 4.39 Å². The number of rotatable bonds is 5. The predicted octanol–water partition coefficient (Wildman–Crippen LogP) is 2.66. The van der Waals surface area contributed by atoms with E-state index in [1.54, 1.807) is 12.3 Å². The lowest BCUT2D eigenvalue weighted by Crippen LogP contribution is -2.38. The average molecular weight is 283 g/mol. The minimum Gasteiger partial charge on any atom is -0.352 e. The van der Waals surface area contributed by atoms with E-state index < -0.39 is 0 Å². The van der Waals surface area contributed by atoms with Crippen LogP contribution in [0, 0.1) is 5.82 Å². The highest BCUT2D eigenvalue weighted by atomic mass is 32.2. The summed E-state index contributed by atoms with van der Waals surface area (Å²) in [5.41, 5.74) is 0.712. The van der Waals surface area contributed by atoms with Crippen molar-refractivity contribution in [3.8, 4) is 0 Å². The summed E-state index contributed by atoms with van der Waals surface area (Å²) in [5, 5.41) is 3.78. The molecular weight excluding hydrogens is 261 g/mol. The molecule has 5 heteroatoms. The van der Waals surface area contributed by atoms with Crippen molar-refractivity contribution in [1.82, 2.24) is 10.3 Å². The third-order valence-corrected chi connectivity index (χ3v) is 4.37. The molecule has 1 atom stereocenters. The van der Waals surface area contributed by atoms with Gasteiger partial charge in [0.2, 0.25) is 0 Å². The normalized spacial score (nSPS) is 19.7. The van der Waals surface area contributed by atoms with Crippen molar-refractivity contribution in [3.63, 3.8) is 0 Å². The molecule has 0 spiro atoms. The van der Waals surface area contributed by atoms with Crippen LogP contribution < -0.4 is 10.2 Å². The molecule has 106 valence electrons. The van der Waals surface area contributed by atoms with Crippen LogP contribution in [0.1, 0.15) is 25.8 Å². The van der Waals surface area contributed by atoms with Gasteiger partial charge in [0.25, 0.3) is 0 Å². The minimum absolute atomic E-state index is 0.162. The number of aromatic nitrogens is 1. The van der Waals surface area contributed by atoms with Crippen LogP contribution in [0.4, 0.5) is 10.2 Å². The number of halogens is 1. The Hall–Kier alpha value is -0.810. The molecule has 2 rings (SSSR count). The second-order valence-electron chi connectivity index (χ2n) is 4.91. The van der Waals surface area contributed by atoms with E-state index in [0.717, 1.165) is 31.8 Å². The highest BCUT2D eigenvalue weighted by Crippen LogP contribution is 2.25. The number of hydrogen-bond donors (Lipinski definition) is 1. The van der Waals surface area contributed by atoms with Crippen LogP contribution >= 0.6 is 11.8 Å². The molecule has 0 radical (unpaired) electrons. The summed E-state index contributed by atoms with van der Waals surface area (Å²) in [6.07, 6.45) is 2.77. The second kappa shape index (κ2) is 7.10. The van der Waals surface area contributed by atoms with Gasteiger partial charge in [0.05, 0.1) is 0 Å². The Balaban J connectivity index is 2.10. The molecule has 0 aromatic carbocycles. The SMILES string of the molecule is CCCNCc1ccnc(N2CCSC(C)C2)c1F. The van der Waals surface area contributed by atoms with Crippen LogP contribution in [0.15, 0.2) is 12.3 Å². The summed E-state index contributed by atoms with van der Waals surface area (Å²) in [6.45, 7) is 7.53. The molecule has 0 aliphatic carbocycles. The van der Waals surface area contributed by atoms with Gasteiger partial charge >= 0.3 is 0 Å². The maximum atomic E-state index is 14.5. The van der Waals surface area contributed by atoms with E-state index in [0.29, 0.717) is 23.2 Å². The van der Waals surface area contributed by atoms with Crippen molar-refractivity contribution in [2.45, 2.75) is 32.1 Å². The van der Waals surface area contributed by atoms with E-state index in [1.807, 2.05) is 11.8 Å². The van der Waals surface area contributed by atoms with Gasteiger partial charge in [-0.2, -0.15) is 11.8 Å². The van der Waals surface area contributed by atoms with Crippen molar-refractivity contribution in [2.24, 2.45) is 0 Å². The molecule has 1 aromatic rings. The third kappa shape index (κ3) is 3.83. The molecule has 1 unspecified atom stereocenters. The smallest absolute Gasteiger partial charge is 0.170 e. The fourth-order valence-electron chi connectivity index (χ4n) is 2.24. The quantitative estimate of drug-likeness (QED) is 0.841. The summed E-state index contributed by atoms with van der Waals surface area (Å²) in [4.78, 5) is 6.31. The van der Waals surface area contributed by atoms with Crippen molar-refractivity contribution in [1.29, 1.82) is 0 Å². The topological polar surface area (TPSA) is 28.2 Å². The molecule has 1 aliphatic rings. The lowest BCUT2D eigenvalue weighted by molar-refractivity contribution is 0.573. The first-order chi connectivity index (χ1) is 9.22. The van der Waals surface area contributed by atoms with E-state index in [-0.39, 0.29) is 5.82 Å². The zero-order chi connectivity index (χ0) is 13.7. The van der Waals surface area contributed by atoms with Crippen LogP contribution in [0.2, 0.25) is 0 Å². The molecule has 1 aromatic heterocycles. The van der Waals surface area contributed by atoms with Gasteiger partial charge in [0.1, 0.15) is 0 Å². The Morgan fingerprint density at radius 1 is 1.58 bits per heavy atom. The summed E-state index contributed by atoms with van der Waals surface area (Å²) < 4.78 is 14.5. The Labute approximate surface area is 119 Å². The van der Waals surface area contributed by atoms with Crippen molar-refractivity contribution in [2.75, 3.05) is 30.3 Å². The fraction of sp³-hybridized carbons (Fsp3) is 0.643. The molecule has 1 fully saturated rings. The van der Waals surface area contributed by atoms with Crippen LogP contribution in [-0.2, 0) is 6.54 Å². The summed E-state index contributed by atoms with van der Waals surface area (Å²) in [5.74, 6) is 1.40. The molecule has 1 saturated heterocycles. The van der Waals surface area contributed by atoms with Gasteiger partial charge in [0.15, 0.2) is 11.6 Å². The molecule has 0 amide bonds. The molecular formula is C14H22FN3S. The maximum absolute atomic E-state index is 14.5. The largest absolute Gasteiger partial charge is 0.352 e. The summed E-state index contributed by atoms with van der Waals surface area (Å²) >= 11 is 1.94. The Kier molecular flexibility index (Phi) is 5.45. The molecule has 0 saturated carbocycles. The Morgan fingerprint density at radius 2 is 2.42 bits per heavy atom. The molecule has 2 heterocycles. The Morgan fingerprint density at radius 3 is 3.16 bits per heavy atom. The summed E-state index contributed by atoms with van der Waals surface area (Å²) in [7, 11) is 0. The van der Waals surface area contributed by atoms with Gasteiger partial charge < -0.3 is 10.2 Å². The van der Waals surface area contributed by atoms with Gasteiger partial charge in [-0.15, -0.1) is 0 Å². The van der Waals surface area contributed by atoms with Crippen LogP contribution in [-0.4, -0.2) is 35.6 Å². The van der Waals surface area contributed by atoms with Gasteiger partial charge in [-0.25, -0.2) is 9.37 Å². The van der Waals surface area contributed by atoms with Gasteiger partial charge in [0, 0.05) is 42.4 Å². The van der Waals surface area contributed by atoms with E-state index in [1.165, 1.54) is 0 Å². The first-order valence-electron chi connectivity index (χ1n) is 6.93. The maximum Gasteiger partial charge on any atom is 0.170 e. The number of nitrogens with zero attached hydrogens (tertiary/aromatic N) is 2. The zero-order valence-corrected chi connectivity index (χ0v) is 12.5. The predicted molar refractivity (Wildman–Crippen MR) is 80.3 cm³/mol. The highest BCUT2D eigenvalue weighted by molar-refractivity contribution is 8.00. The first kappa shape index (κ1) is 14.6. The lowest BCUT2D eigenvalue weighted by Gasteiger charge is -2.31. The highest BCUT2D eigenvalue weighted by Gasteiger charge is 2.21. The Bertz CT molecular complexity index is 414. The van der Waals surface area contributed by atoms with Crippen LogP contribution in [0.25, 0.3) is 0 Å². The van der Waals surface area contributed by atoms with Crippen molar-refractivity contribution in [3.05, 3.63) is 23.6 Å². The minimum atomic E-state index is -0.162. The molecule has 0 bridgehead atoms. The third-order valence-electron chi connectivity index (χ3n) is 3.23. The van der Waals surface area contributed by atoms with E-state index in [4.69, 9.17) is 0 Å². The fourth-order valence-corrected chi connectivity index (χ4v) is 3.25. The number of nitrogens with one attached hydrogen (secondary N) is 1. The van der Waals surface area contributed by atoms with Crippen LogP contribution in [0.5, 0.6) is 0 Å². The molecule has 19 heavy (non-hydrogen) atoms. The lowest BCUT2D eigenvalue weighted by atomic mass is 10.2. The van der Waals surface area contributed by atoms with Crippen molar-refractivity contribution >= 4 is 17.6 Å². The number of hydrogen-bond acceptors (Lipinski definition) is 4. The average Bonchev–Trinajstić information content (AvgIpc) is 2.41. The van der Waals surface area contributed by atoms with Gasteiger partial charge in [-0.3, -0.25) is 0 Å². The second-order valence-corrected chi connectivity index (χ2v) is 6.46. The van der Waals surface area contributed by atoms with Crippen LogP contribution in [0.3, 0.4) is 0 Å².